The van der Waals surface area contributed by atoms with Crippen LogP contribution in [-0.2, 0) is 18.6 Å². The summed E-state index contributed by atoms with van der Waals surface area (Å²) < 4.78 is 0. The minimum Gasteiger partial charge on any atom is -0.508 e. The van der Waals surface area contributed by atoms with Crippen LogP contribution in [-0.4, -0.2) is 15.3 Å². The van der Waals surface area contributed by atoms with Crippen LogP contribution in [0.15, 0.2) is 48.5 Å². The van der Waals surface area contributed by atoms with Gasteiger partial charge in [0.15, 0.2) is 0 Å². The molecule has 0 saturated heterocycles. The van der Waals surface area contributed by atoms with Crippen molar-refractivity contribution in [3.8, 4) is 5.75 Å². The van der Waals surface area contributed by atoms with Gasteiger partial charge in [0.1, 0.15) is 5.75 Å². The smallest absolute Gasteiger partial charge is 0.115 e. The number of aliphatic hydroxyl groups excluding tert-OH is 1. The average Bonchev–Trinajstić information content (AvgIpc) is 2.50. The normalized spacial score (nSPS) is 14.2. The first-order valence-electron chi connectivity index (χ1n) is 7.33. The van der Waals surface area contributed by atoms with E-state index in [2.05, 4.69) is 0 Å². The van der Waals surface area contributed by atoms with Gasteiger partial charge in [0, 0.05) is 6.42 Å². The number of phenolic OH excluding ortho intramolecular Hbond substituents is 1. The highest BCUT2D eigenvalue weighted by Gasteiger charge is 2.26. The monoisotopic (exact) mass is 298 g/mol. The summed E-state index contributed by atoms with van der Waals surface area (Å²) in [7, 11) is 0. The van der Waals surface area contributed by atoms with E-state index in [9.17, 15) is 15.3 Å². The van der Waals surface area contributed by atoms with Crippen molar-refractivity contribution in [2.75, 3.05) is 0 Å². The van der Waals surface area contributed by atoms with Crippen LogP contribution < -0.4 is 0 Å². The van der Waals surface area contributed by atoms with E-state index in [0.717, 1.165) is 22.3 Å². The minimum atomic E-state index is -1.10. The molecule has 2 aromatic carbocycles. The molecule has 0 amide bonds. The van der Waals surface area contributed by atoms with Gasteiger partial charge in [-0.25, -0.2) is 0 Å². The molecule has 2 rings (SSSR count). The lowest BCUT2D eigenvalue weighted by atomic mass is 9.85. The van der Waals surface area contributed by atoms with E-state index in [-0.39, 0.29) is 12.4 Å². The third kappa shape index (κ3) is 3.75. The Labute approximate surface area is 131 Å². The quantitative estimate of drug-likeness (QED) is 0.793. The molecule has 0 aromatic heterocycles. The van der Waals surface area contributed by atoms with Gasteiger partial charge in [-0.15, -0.1) is 0 Å². The lowest BCUT2D eigenvalue weighted by Crippen LogP contribution is -2.26. The first kappa shape index (κ1) is 16.3. The second-order valence-electron chi connectivity index (χ2n) is 5.69. The second-order valence-corrected chi connectivity index (χ2v) is 5.69. The summed E-state index contributed by atoms with van der Waals surface area (Å²) in [5.41, 5.74) is 2.24. The molecule has 2 aromatic rings. The highest BCUT2D eigenvalue weighted by atomic mass is 16.3. The molecule has 0 spiro atoms. The van der Waals surface area contributed by atoms with Crippen molar-refractivity contribution in [3.63, 3.8) is 0 Å². The van der Waals surface area contributed by atoms with Crippen LogP contribution in [0.2, 0.25) is 0 Å². The Balaban J connectivity index is 2.38. The van der Waals surface area contributed by atoms with E-state index in [1.807, 2.05) is 37.3 Å². The zero-order valence-electron chi connectivity index (χ0n) is 13.0. The molecule has 1 atom stereocenters. The number of hydrogen-bond acceptors (Lipinski definition) is 3. The van der Waals surface area contributed by atoms with Gasteiger partial charge in [-0.2, -0.15) is 0 Å². The van der Waals surface area contributed by atoms with Crippen LogP contribution in [0, 0.1) is 0 Å². The molecule has 0 unspecified atom stereocenters. The highest BCUT2D eigenvalue weighted by molar-refractivity contribution is 5.52. The van der Waals surface area contributed by atoms with E-state index in [1.54, 1.807) is 31.2 Å². The number of phenols is 1. The number of benzene rings is 2. The van der Waals surface area contributed by atoms with Gasteiger partial charge >= 0.3 is 0 Å². The number of hydrogen-bond donors (Lipinski definition) is 3. The molecule has 3 N–H and O–H groups in total. The lowest BCUT2D eigenvalue weighted by molar-refractivity contribution is 0.0552. The third-order valence-corrected chi connectivity index (χ3v) is 3.73. The number of aliphatic hydroxyl groups is 2. The standard InChI is InChI=1S/C19H22O3/c1-3-4-14-5-8-16(13-20)18(11-14)19(2,22)12-15-6-9-17(21)10-7-15/h3-11,20-22H,12-13H2,1-2H3/t19-/m0/s1. The molecule has 0 saturated carbocycles. The van der Waals surface area contributed by atoms with Gasteiger partial charge in [-0.3, -0.25) is 0 Å². The predicted molar refractivity (Wildman–Crippen MR) is 88.5 cm³/mol. The molecule has 116 valence electrons. The zero-order valence-corrected chi connectivity index (χ0v) is 13.0. The maximum atomic E-state index is 10.9. The van der Waals surface area contributed by atoms with Gasteiger partial charge in [0.05, 0.1) is 12.2 Å². The molecule has 0 bridgehead atoms. The predicted octanol–water partition coefficient (Wildman–Crippen LogP) is 3.37. The topological polar surface area (TPSA) is 60.7 Å². The summed E-state index contributed by atoms with van der Waals surface area (Å²) in [4.78, 5) is 0. The molecule has 3 heteroatoms. The molecule has 0 aliphatic carbocycles. The van der Waals surface area contributed by atoms with Crippen molar-refractivity contribution in [2.45, 2.75) is 32.5 Å². The Hall–Kier alpha value is -2.10. The largest absolute Gasteiger partial charge is 0.508 e. The maximum absolute atomic E-state index is 10.9. The molecule has 3 nitrogen and oxygen atoms in total. The van der Waals surface area contributed by atoms with Gasteiger partial charge in [0.25, 0.3) is 0 Å². The lowest BCUT2D eigenvalue weighted by Gasteiger charge is -2.27. The van der Waals surface area contributed by atoms with Crippen molar-refractivity contribution in [1.29, 1.82) is 0 Å². The van der Waals surface area contributed by atoms with Crippen molar-refractivity contribution in [1.82, 2.24) is 0 Å². The number of rotatable bonds is 5. The molecular weight excluding hydrogens is 276 g/mol. The van der Waals surface area contributed by atoms with E-state index < -0.39 is 5.60 Å². The van der Waals surface area contributed by atoms with E-state index in [4.69, 9.17) is 0 Å². The third-order valence-electron chi connectivity index (χ3n) is 3.73. The van der Waals surface area contributed by atoms with Crippen LogP contribution in [0.1, 0.15) is 36.1 Å². The average molecular weight is 298 g/mol. The fraction of sp³-hybridized carbons (Fsp3) is 0.263. The zero-order chi connectivity index (χ0) is 16.2. The Morgan fingerprint density at radius 1 is 1.09 bits per heavy atom. The molecule has 0 fully saturated rings. The molecular formula is C19H22O3. The van der Waals surface area contributed by atoms with Crippen LogP contribution in [0.4, 0.5) is 0 Å². The van der Waals surface area contributed by atoms with Crippen LogP contribution in [0.3, 0.4) is 0 Å². The molecule has 0 aliphatic heterocycles. The van der Waals surface area contributed by atoms with Crippen LogP contribution in [0.5, 0.6) is 5.75 Å². The maximum Gasteiger partial charge on any atom is 0.115 e. The van der Waals surface area contributed by atoms with E-state index in [0.29, 0.717) is 6.42 Å². The number of allylic oxidation sites excluding steroid dienone is 1. The Bertz CT molecular complexity index is 655. The highest BCUT2D eigenvalue weighted by Crippen LogP contribution is 2.30. The molecule has 0 heterocycles. The van der Waals surface area contributed by atoms with Crippen molar-refractivity contribution in [3.05, 3.63) is 70.8 Å². The summed E-state index contributed by atoms with van der Waals surface area (Å²) in [5.74, 6) is 0.203. The SMILES string of the molecule is CC=Cc1ccc(CO)c([C@@](C)(O)Cc2ccc(O)cc2)c1. The van der Waals surface area contributed by atoms with E-state index in [1.165, 1.54) is 0 Å². The van der Waals surface area contributed by atoms with Crippen LogP contribution >= 0.6 is 0 Å². The van der Waals surface area contributed by atoms with Crippen molar-refractivity contribution in [2.24, 2.45) is 0 Å². The fourth-order valence-corrected chi connectivity index (χ4v) is 2.64. The molecule has 22 heavy (non-hydrogen) atoms. The first-order chi connectivity index (χ1) is 10.5. The van der Waals surface area contributed by atoms with Gasteiger partial charge in [0.2, 0.25) is 0 Å². The summed E-state index contributed by atoms with van der Waals surface area (Å²) in [6, 6.07) is 12.5. The Morgan fingerprint density at radius 3 is 2.36 bits per heavy atom. The number of aromatic hydroxyl groups is 1. The Morgan fingerprint density at radius 2 is 1.77 bits per heavy atom. The molecule has 0 radical (unpaired) electrons. The van der Waals surface area contributed by atoms with Crippen molar-refractivity contribution < 1.29 is 15.3 Å². The summed E-state index contributed by atoms with van der Waals surface area (Å²) >= 11 is 0. The van der Waals surface area contributed by atoms with Gasteiger partial charge in [-0.1, -0.05) is 36.4 Å². The minimum absolute atomic E-state index is 0.114. The Kier molecular flexibility index (Phi) is 5.01. The van der Waals surface area contributed by atoms with Gasteiger partial charge in [-0.05, 0) is 54.3 Å². The van der Waals surface area contributed by atoms with Crippen LogP contribution in [0.25, 0.3) is 6.08 Å². The fourth-order valence-electron chi connectivity index (χ4n) is 2.64. The summed E-state index contributed by atoms with van der Waals surface area (Å²) in [6.45, 7) is 3.57. The summed E-state index contributed by atoms with van der Waals surface area (Å²) in [6.07, 6.45) is 4.30. The van der Waals surface area contributed by atoms with Crippen molar-refractivity contribution >= 4 is 6.08 Å². The van der Waals surface area contributed by atoms with Gasteiger partial charge < -0.3 is 15.3 Å². The summed E-state index contributed by atoms with van der Waals surface area (Å²) in [5, 5.41) is 29.8. The first-order valence-corrected chi connectivity index (χ1v) is 7.33. The van der Waals surface area contributed by atoms with E-state index >= 15 is 0 Å². The molecule has 0 aliphatic rings. The second kappa shape index (κ2) is 6.77.